The number of piperazine rings is 1. The van der Waals surface area contributed by atoms with Gasteiger partial charge in [-0.25, -0.2) is 5.43 Å². The van der Waals surface area contributed by atoms with Gasteiger partial charge in [-0.2, -0.15) is 0 Å². The van der Waals surface area contributed by atoms with Gasteiger partial charge < -0.3 is 19.9 Å². The summed E-state index contributed by atoms with van der Waals surface area (Å²) in [6, 6.07) is 13.7. The summed E-state index contributed by atoms with van der Waals surface area (Å²) in [5.74, 6) is -0.840. The number of nitrogens with one attached hydrogen (secondary N) is 5. The zero-order valence-electron chi connectivity index (χ0n) is 20.5. The number of amides is 1. The number of alkyl halides is 3. The van der Waals surface area contributed by atoms with E-state index in [-0.39, 0.29) is 23.9 Å². The average molecular weight is 520 g/mol. The molecule has 2 aromatic rings. The molecule has 5 N–H and O–H groups in total. The van der Waals surface area contributed by atoms with Gasteiger partial charge in [0.25, 0.3) is 0 Å². The molecule has 3 aliphatic rings. The lowest BCUT2D eigenvalue weighted by Crippen LogP contribution is -2.71. The highest BCUT2D eigenvalue weighted by Gasteiger charge is 2.44. The van der Waals surface area contributed by atoms with Crippen LogP contribution in [0.4, 0.5) is 24.5 Å². The van der Waals surface area contributed by atoms with Gasteiger partial charge in [0.05, 0.1) is 18.2 Å². The van der Waals surface area contributed by atoms with Gasteiger partial charge in [0.15, 0.2) is 0 Å². The molecule has 2 aromatic carbocycles. The summed E-state index contributed by atoms with van der Waals surface area (Å²) < 4.78 is 41.6. The van der Waals surface area contributed by atoms with Crippen molar-refractivity contribution in [2.45, 2.75) is 31.7 Å². The van der Waals surface area contributed by atoms with Crippen molar-refractivity contribution in [3.8, 4) is 5.75 Å². The van der Waals surface area contributed by atoms with Crippen LogP contribution in [0.15, 0.2) is 48.5 Å². The summed E-state index contributed by atoms with van der Waals surface area (Å²) in [6.07, 6.45) is -5.55. The number of hydrogen-bond acceptors (Lipinski definition) is 8. The highest BCUT2D eigenvalue weighted by molar-refractivity contribution is 5.81. The predicted octanol–water partition coefficient (Wildman–Crippen LogP) is 1.98. The van der Waals surface area contributed by atoms with Crippen LogP contribution in [-0.2, 0) is 4.79 Å². The number of fused-ring (bicyclic) bond motifs is 1. The summed E-state index contributed by atoms with van der Waals surface area (Å²) in [6.45, 7) is 7.82. The summed E-state index contributed by atoms with van der Waals surface area (Å²) in [5.41, 5.74) is 8.36. The molecule has 0 spiro atoms. The molecule has 3 aliphatic heterocycles. The Labute approximate surface area is 213 Å². The molecule has 0 radical (unpaired) electrons. The van der Waals surface area contributed by atoms with Crippen LogP contribution in [0.25, 0.3) is 0 Å². The Balaban J connectivity index is 1.29. The second kappa shape index (κ2) is 10.7. The van der Waals surface area contributed by atoms with Gasteiger partial charge in [0.1, 0.15) is 5.75 Å². The van der Waals surface area contributed by atoms with Gasteiger partial charge in [0.2, 0.25) is 5.91 Å². The van der Waals surface area contributed by atoms with Crippen molar-refractivity contribution in [1.29, 1.82) is 0 Å². The van der Waals surface area contributed by atoms with E-state index in [1.165, 1.54) is 12.1 Å². The van der Waals surface area contributed by atoms with E-state index in [1.807, 2.05) is 12.1 Å². The number of hydrogen-bond donors (Lipinski definition) is 5. The number of nitrogens with zero attached hydrogens (tertiary/aromatic N) is 2. The van der Waals surface area contributed by atoms with E-state index in [9.17, 15) is 18.0 Å². The van der Waals surface area contributed by atoms with Crippen LogP contribution in [0.3, 0.4) is 0 Å². The molecule has 1 amide bonds. The highest BCUT2D eigenvalue weighted by Crippen LogP contribution is 2.29. The third-order valence-corrected chi connectivity index (χ3v) is 7.18. The molecule has 0 aromatic heterocycles. The first-order valence-corrected chi connectivity index (χ1v) is 12.5. The lowest BCUT2D eigenvalue weighted by Gasteiger charge is -2.46. The maximum atomic E-state index is 12.7. The van der Waals surface area contributed by atoms with Crippen LogP contribution in [0.2, 0.25) is 0 Å². The van der Waals surface area contributed by atoms with Gasteiger partial charge in [-0.05, 0) is 48.5 Å². The quantitative estimate of drug-likeness (QED) is 0.396. The number of anilines is 2. The summed E-state index contributed by atoms with van der Waals surface area (Å²) in [7, 11) is 0. The monoisotopic (exact) mass is 519 g/mol. The molecule has 200 valence electrons. The van der Waals surface area contributed by atoms with E-state index in [0.29, 0.717) is 6.54 Å². The van der Waals surface area contributed by atoms with Crippen molar-refractivity contribution in [1.82, 2.24) is 26.4 Å². The van der Waals surface area contributed by atoms with E-state index in [1.54, 1.807) is 12.1 Å². The lowest BCUT2D eigenvalue weighted by molar-refractivity contribution is -0.274. The largest absolute Gasteiger partial charge is 0.573 e. The molecule has 0 aliphatic carbocycles. The summed E-state index contributed by atoms with van der Waals surface area (Å²) in [4.78, 5) is 17.5. The highest BCUT2D eigenvalue weighted by atomic mass is 19.4. The molecular weight excluding hydrogens is 487 g/mol. The second-order valence-electron chi connectivity index (χ2n) is 9.48. The Morgan fingerprint density at radius 1 is 1.00 bits per heavy atom. The zero-order valence-corrected chi connectivity index (χ0v) is 20.5. The van der Waals surface area contributed by atoms with Crippen molar-refractivity contribution < 1.29 is 22.7 Å². The molecule has 0 bridgehead atoms. The Bertz CT molecular complexity index is 1060. The predicted molar refractivity (Wildman–Crippen MR) is 134 cm³/mol. The molecule has 12 heteroatoms. The molecule has 0 saturated carbocycles. The normalized spacial score (nSPS) is 26.8. The fraction of sp³-hybridized carbons (Fsp3) is 0.480. The number of hydrazine groups is 1. The Kier molecular flexibility index (Phi) is 7.43. The number of rotatable bonds is 6. The van der Waals surface area contributed by atoms with E-state index in [2.05, 4.69) is 60.4 Å². The first kappa shape index (κ1) is 25.6. The molecule has 5 rings (SSSR count). The van der Waals surface area contributed by atoms with E-state index >= 15 is 0 Å². The fourth-order valence-electron chi connectivity index (χ4n) is 5.19. The van der Waals surface area contributed by atoms with Crippen LogP contribution in [0, 0.1) is 5.92 Å². The average Bonchev–Trinajstić information content (AvgIpc) is 2.89. The van der Waals surface area contributed by atoms with Crippen LogP contribution in [0.1, 0.15) is 18.7 Å². The summed E-state index contributed by atoms with van der Waals surface area (Å²) >= 11 is 0. The number of benzene rings is 2. The Morgan fingerprint density at radius 2 is 1.70 bits per heavy atom. The van der Waals surface area contributed by atoms with Crippen molar-refractivity contribution in [3.63, 3.8) is 0 Å². The summed E-state index contributed by atoms with van der Waals surface area (Å²) in [5, 5.41) is 10.3. The van der Waals surface area contributed by atoms with E-state index in [0.717, 1.165) is 49.7 Å². The maximum Gasteiger partial charge on any atom is 0.573 e. The van der Waals surface area contributed by atoms with Crippen molar-refractivity contribution >= 4 is 17.3 Å². The van der Waals surface area contributed by atoms with Gasteiger partial charge >= 0.3 is 6.36 Å². The minimum atomic E-state index is -4.74. The minimum absolute atomic E-state index is 0.147. The molecule has 9 nitrogen and oxygen atoms in total. The fourth-order valence-corrected chi connectivity index (χ4v) is 5.19. The molecule has 4 atom stereocenters. The Hall–Kier alpha value is -3.06. The van der Waals surface area contributed by atoms with Crippen LogP contribution in [-0.4, -0.2) is 68.6 Å². The SMILES string of the molecule is CCN1CCN(c2ccc(NC3NC(c4ccc(OC(F)(F)F)cc4)NC4CNNC(=O)C43)cc2)CC1. The van der Waals surface area contributed by atoms with Crippen molar-refractivity contribution in [2.24, 2.45) is 5.92 Å². The molecule has 3 heterocycles. The maximum absolute atomic E-state index is 12.7. The van der Waals surface area contributed by atoms with Crippen LogP contribution >= 0.6 is 0 Å². The van der Waals surface area contributed by atoms with Crippen LogP contribution in [0.5, 0.6) is 5.75 Å². The van der Waals surface area contributed by atoms with E-state index < -0.39 is 18.4 Å². The number of halogens is 3. The first-order chi connectivity index (χ1) is 17.8. The topological polar surface area (TPSA) is 92.9 Å². The minimum Gasteiger partial charge on any atom is -0.406 e. The van der Waals surface area contributed by atoms with Gasteiger partial charge in [-0.3, -0.25) is 20.9 Å². The van der Waals surface area contributed by atoms with Crippen molar-refractivity contribution in [3.05, 3.63) is 54.1 Å². The molecule has 4 unspecified atom stereocenters. The first-order valence-electron chi connectivity index (χ1n) is 12.5. The lowest BCUT2D eigenvalue weighted by atomic mass is 9.89. The van der Waals surface area contributed by atoms with Crippen molar-refractivity contribution in [2.75, 3.05) is 49.5 Å². The van der Waals surface area contributed by atoms with E-state index in [4.69, 9.17) is 0 Å². The number of carbonyl (C=O) groups excluding carboxylic acids is 1. The van der Waals surface area contributed by atoms with Gasteiger partial charge in [0, 0.05) is 50.1 Å². The number of ether oxygens (including phenoxy) is 1. The van der Waals surface area contributed by atoms with Gasteiger partial charge in [-0.1, -0.05) is 19.1 Å². The Morgan fingerprint density at radius 3 is 2.35 bits per heavy atom. The second-order valence-corrected chi connectivity index (χ2v) is 9.48. The third kappa shape index (κ3) is 6.09. The number of likely N-dealkylation sites (N-methyl/N-ethyl adjacent to an activating group) is 1. The third-order valence-electron chi connectivity index (χ3n) is 7.18. The molecule has 37 heavy (non-hydrogen) atoms. The van der Waals surface area contributed by atoms with Gasteiger partial charge in [-0.15, -0.1) is 13.2 Å². The molecule has 3 fully saturated rings. The van der Waals surface area contributed by atoms with Crippen LogP contribution < -0.4 is 36.4 Å². The standard InChI is InChI=1S/C25H32F3N7O2/c1-2-34-11-13-35(14-12-34)18-7-5-17(6-8-18)30-23-21-20(15-29-33-24(21)36)31-22(32-23)16-3-9-19(10-4-16)37-25(26,27)28/h3-10,20-23,29-32H,2,11-15H2,1H3,(H,33,36). The smallest absolute Gasteiger partial charge is 0.406 e. The number of carbonyl (C=O) groups is 1. The molecule has 3 saturated heterocycles. The molecular formula is C25H32F3N7O2. The zero-order chi connectivity index (χ0) is 26.0.